The highest BCUT2D eigenvalue weighted by atomic mass is 35.5. The van der Waals surface area contributed by atoms with Gasteiger partial charge < -0.3 is 15.2 Å². The second-order valence-electron chi connectivity index (χ2n) is 8.06. The minimum Gasteiger partial charge on any atom is -0.356 e. The zero-order valence-corrected chi connectivity index (χ0v) is 21.2. The first-order chi connectivity index (χ1) is 16.4. The van der Waals surface area contributed by atoms with Gasteiger partial charge in [-0.2, -0.15) is 0 Å². The fourth-order valence-corrected chi connectivity index (χ4v) is 5.41. The van der Waals surface area contributed by atoms with Gasteiger partial charge >= 0.3 is 0 Å². The van der Waals surface area contributed by atoms with E-state index in [2.05, 4.69) is 33.5 Å². The van der Waals surface area contributed by atoms with Crippen molar-refractivity contribution < 1.29 is 4.79 Å². The second kappa shape index (κ2) is 9.59. The van der Waals surface area contributed by atoms with Gasteiger partial charge in [-0.3, -0.25) is 4.79 Å². The topological polar surface area (TPSA) is 46.1 Å². The largest absolute Gasteiger partial charge is 0.356 e. The van der Waals surface area contributed by atoms with E-state index in [9.17, 15) is 4.79 Å². The van der Waals surface area contributed by atoms with Gasteiger partial charge in [-0.25, -0.2) is 0 Å². The number of benzene rings is 3. The van der Waals surface area contributed by atoms with Crippen LogP contribution in [-0.2, 0) is 11.3 Å². The minimum atomic E-state index is -0.277. The number of hydrogen-bond acceptors (Lipinski definition) is 3. The van der Waals surface area contributed by atoms with Gasteiger partial charge in [-0.05, 0) is 54.5 Å². The Kier molecular flexibility index (Phi) is 6.54. The van der Waals surface area contributed by atoms with Crippen molar-refractivity contribution in [2.45, 2.75) is 19.0 Å². The SMILES string of the molecule is Cc1ccc(Cl)cc1NC1NC(=O)/C(=C/c2cn(Cc3ccc(Cl)c(Cl)c3)c3ccccc23)S1. The third-order valence-electron chi connectivity index (χ3n) is 5.66. The molecule has 1 aliphatic rings. The third kappa shape index (κ3) is 4.80. The molecular weight excluding hydrogens is 509 g/mol. The standard InChI is InChI=1S/C26H20Cl3N3OS/c1-15-6-8-18(27)12-22(15)30-26-31-25(33)24(34-26)11-17-14-32(23-5-3-2-4-19(17)23)13-16-7-9-20(28)21(29)10-16/h2-12,14,26,30H,13H2,1H3,(H,31,33)/b24-11-. The van der Waals surface area contributed by atoms with Gasteiger partial charge in [-0.15, -0.1) is 0 Å². The summed E-state index contributed by atoms with van der Waals surface area (Å²) >= 11 is 19.9. The molecule has 0 aliphatic carbocycles. The van der Waals surface area contributed by atoms with Crippen molar-refractivity contribution >= 4 is 75.1 Å². The van der Waals surface area contributed by atoms with Crippen LogP contribution >= 0.6 is 46.6 Å². The third-order valence-corrected chi connectivity index (χ3v) is 7.66. The number of fused-ring (bicyclic) bond motifs is 1. The monoisotopic (exact) mass is 527 g/mol. The zero-order chi connectivity index (χ0) is 23.8. The fraction of sp³-hybridized carbons (Fsp3) is 0.115. The summed E-state index contributed by atoms with van der Waals surface area (Å²) in [5, 5.41) is 9.14. The molecule has 0 saturated carbocycles. The normalized spacial score (nSPS) is 16.9. The number of carbonyl (C=O) groups is 1. The summed E-state index contributed by atoms with van der Waals surface area (Å²) in [6.07, 6.45) is 4.01. The van der Waals surface area contributed by atoms with E-state index in [4.69, 9.17) is 34.8 Å². The maximum absolute atomic E-state index is 12.7. The van der Waals surface area contributed by atoms with Crippen molar-refractivity contribution in [1.82, 2.24) is 9.88 Å². The van der Waals surface area contributed by atoms with Crippen molar-refractivity contribution in [3.63, 3.8) is 0 Å². The molecule has 5 rings (SSSR count). The van der Waals surface area contributed by atoms with Crippen LogP contribution in [0.5, 0.6) is 0 Å². The number of carbonyl (C=O) groups excluding carboxylic acids is 1. The Hall–Kier alpha value is -2.57. The molecule has 3 aromatic carbocycles. The number of thioether (sulfide) groups is 1. The van der Waals surface area contributed by atoms with Gasteiger partial charge in [0.15, 0.2) is 5.50 Å². The van der Waals surface area contributed by atoms with Crippen LogP contribution in [0.3, 0.4) is 0 Å². The van der Waals surface area contributed by atoms with E-state index in [0.717, 1.165) is 33.3 Å². The van der Waals surface area contributed by atoms with E-state index in [1.54, 1.807) is 0 Å². The Bertz CT molecular complexity index is 1450. The molecule has 34 heavy (non-hydrogen) atoms. The molecule has 1 aliphatic heterocycles. The lowest BCUT2D eigenvalue weighted by atomic mass is 10.1. The van der Waals surface area contributed by atoms with Crippen LogP contribution in [0.15, 0.2) is 71.8 Å². The maximum Gasteiger partial charge on any atom is 0.260 e. The Labute approximate surface area is 216 Å². The van der Waals surface area contributed by atoms with E-state index in [1.165, 1.54) is 11.8 Å². The van der Waals surface area contributed by atoms with Crippen LogP contribution in [0.4, 0.5) is 5.69 Å². The van der Waals surface area contributed by atoms with Crippen LogP contribution < -0.4 is 10.6 Å². The lowest BCUT2D eigenvalue weighted by Gasteiger charge is -2.15. The number of aryl methyl sites for hydroxylation is 1. The Morgan fingerprint density at radius 2 is 1.88 bits per heavy atom. The highest BCUT2D eigenvalue weighted by molar-refractivity contribution is 8.05. The summed E-state index contributed by atoms with van der Waals surface area (Å²) in [6, 6.07) is 19.5. The molecule has 1 saturated heterocycles. The molecule has 1 amide bonds. The molecular formula is C26H20Cl3N3OS. The molecule has 1 fully saturated rings. The molecule has 1 atom stereocenters. The highest BCUT2D eigenvalue weighted by Gasteiger charge is 2.28. The molecule has 8 heteroatoms. The van der Waals surface area contributed by atoms with Crippen LogP contribution in [0.25, 0.3) is 17.0 Å². The average Bonchev–Trinajstić information content (AvgIpc) is 3.33. The van der Waals surface area contributed by atoms with Crippen LogP contribution in [-0.4, -0.2) is 16.0 Å². The average molecular weight is 529 g/mol. The number of hydrogen-bond donors (Lipinski definition) is 2. The van der Waals surface area contributed by atoms with E-state index in [0.29, 0.717) is 26.5 Å². The Morgan fingerprint density at radius 3 is 2.71 bits per heavy atom. The van der Waals surface area contributed by atoms with Crippen molar-refractivity contribution in [3.05, 3.63) is 104 Å². The summed E-state index contributed by atoms with van der Waals surface area (Å²) in [5.41, 5.74) is 4.77. The van der Waals surface area contributed by atoms with Crippen molar-refractivity contribution in [2.24, 2.45) is 0 Å². The number of nitrogens with one attached hydrogen (secondary N) is 2. The van der Waals surface area contributed by atoms with E-state index >= 15 is 0 Å². The smallest absolute Gasteiger partial charge is 0.260 e. The van der Waals surface area contributed by atoms with Crippen LogP contribution in [0.2, 0.25) is 15.1 Å². The number of aromatic nitrogens is 1. The fourth-order valence-electron chi connectivity index (χ4n) is 3.95. The molecule has 1 unspecified atom stereocenters. The lowest BCUT2D eigenvalue weighted by molar-refractivity contribution is -0.116. The first-order valence-electron chi connectivity index (χ1n) is 10.6. The molecule has 0 radical (unpaired) electrons. The molecule has 2 N–H and O–H groups in total. The molecule has 0 spiro atoms. The molecule has 172 valence electrons. The number of halogens is 3. The van der Waals surface area contributed by atoms with Crippen molar-refractivity contribution in [3.8, 4) is 0 Å². The molecule has 4 nitrogen and oxygen atoms in total. The predicted octanol–water partition coefficient (Wildman–Crippen LogP) is 7.56. The Morgan fingerprint density at radius 1 is 1.06 bits per heavy atom. The molecule has 2 heterocycles. The maximum atomic E-state index is 12.7. The van der Waals surface area contributed by atoms with E-state index in [-0.39, 0.29) is 11.4 Å². The van der Waals surface area contributed by atoms with Crippen LogP contribution in [0, 0.1) is 6.92 Å². The number of para-hydroxylation sites is 1. The van der Waals surface area contributed by atoms with Gasteiger partial charge in [0.05, 0.1) is 15.0 Å². The minimum absolute atomic E-state index is 0.108. The first kappa shape index (κ1) is 23.2. The quantitative estimate of drug-likeness (QED) is 0.263. The van der Waals surface area contributed by atoms with Gasteiger partial charge in [0.2, 0.25) is 0 Å². The Balaban J connectivity index is 1.43. The first-order valence-corrected chi connectivity index (χ1v) is 12.6. The number of rotatable bonds is 5. The molecule has 0 bridgehead atoms. The van der Waals surface area contributed by atoms with Crippen LogP contribution in [0.1, 0.15) is 16.7 Å². The van der Waals surface area contributed by atoms with Crippen molar-refractivity contribution in [1.29, 1.82) is 0 Å². The van der Waals surface area contributed by atoms with Gasteiger partial charge in [-0.1, -0.05) is 76.9 Å². The second-order valence-corrected chi connectivity index (χ2v) is 10.5. The molecule has 4 aromatic rings. The summed E-state index contributed by atoms with van der Waals surface area (Å²) < 4.78 is 2.16. The van der Waals surface area contributed by atoms with Gasteiger partial charge in [0, 0.05) is 39.9 Å². The summed E-state index contributed by atoms with van der Waals surface area (Å²) in [6.45, 7) is 2.64. The summed E-state index contributed by atoms with van der Waals surface area (Å²) in [7, 11) is 0. The summed E-state index contributed by atoms with van der Waals surface area (Å²) in [4.78, 5) is 13.4. The van der Waals surface area contributed by atoms with Gasteiger partial charge in [0.1, 0.15) is 0 Å². The lowest BCUT2D eigenvalue weighted by Crippen LogP contribution is -2.31. The summed E-state index contributed by atoms with van der Waals surface area (Å²) in [5.74, 6) is -0.108. The van der Waals surface area contributed by atoms with Crippen molar-refractivity contribution in [2.75, 3.05) is 5.32 Å². The van der Waals surface area contributed by atoms with E-state index in [1.807, 2.05) is 61.5 Å². The number of anilines is 1. The predicted molar refractivity (Wildman–Crippen MR) is 145 cm³/mol. The highest BCUT2D eigenvalue weighted by Crippen LogP contribution is 2.34. The van der Waals surface area contributed by atoms with Gasteiger partial charge in [0.25, 0.3) is 5.91 Å². The number of amides is 1. The zero-order valence-electron chi connectivity index (χ0n) is 18.1. The number of nitrogens with zero attached hydrogens (tertiary/aromatic N) is 1. The van der Waals surface area contributed by atoms with E-state index < -0.39 is 0 Å². The molecule has 1 aromatic heterocycles.